The van der Waals surface area contributed by atoms with E-state index < -0.39 is 26.1 Å². The molecule has 2 N–H and O–H groups in total. The minimum atomic E-state index is -3.88. The van der Waals surface area contributed by atoms with Crippen LogP contribution in [-0.4, -0.2) is 27.7 Å². The quantitative estimate of drug-likeness (QED) is 0.685. The molecule has 9 heteroatoms. The lowest BCUT2D eigenvalue weighted by Gasteiger charge is -2.29. The average Bonchev–Trinajstić information content (AvgIpc) is 2.58. The van der Waals surface area contributed by atoms with Crippen molar-refractivity contribution in [2.24, 2.45) is 5.14 Å². The van der Waals surface area contributed by atoms with Crippen LogP contribution in [0.15, 0.2) is 62.8 Å². The van der Waals surface area contributed by atoms with Gasteiger partial charge >= 0.3 is 0 Å². The minimum absolute atomic E-state index is 0.0252. The standard InChI is InChI=1S/C17H21BrN2O4S2/c1-3-12-20(13(2)16-6-4-5-7-17(16)18)26(23,24)15-10-8-14(9-11-15)25(19,21)22/h4-11,13H,3,12H2,1-2H3,(H2,19,21,22)/t13-/m1/s1. The Labute approximate surface area is 163 Å². The van der Waals surface area contributed by atoms with Gasteiger partial charge in [0.25, 0.3) is 0 Å². The maximum Gasteiger partial charge on any atom is 0.243 e. The molecule has 1 atom stereocenters. The van der Waals surface area contributed by atoms with Gasteiger partial charge in [-0.25, -0.2) is 22.0 Å². The van der Waals surface area contributed by atoms with E-state index in [2.05, 4.69) is 15.9 Å². The number of hydrogen-bond acceptors (Lipinski definition) is 4. The van der Waals surface area contributed by atoms with Crippen molar-refractivity contribution in [2.75, 3.05) is 6.54 Å². The van der Waals surface area contributed by atoms with Crippen molar-refractivity contribution in [1.29, 1.82) is 0 Å². The largest absolute Gasteiger partial charge is 0.243 e. The van der Waals surface area contributed by atoms with Crippen LogP contribution in [0.3, 0.4) is 0 Å². The Morgan fingerprint density at radius 3 is 2.04 bits per heavy atom. The number of nitrogens with zero attached hydrogens (tertiary/aromatic N) is 1. The highest BCUT2D eigenvalue weighted by molar-refractivity contribution is 9.10. The van der Waals surface area contributed by atoms with Crippen LogP contribution in [0.4, 0.5) is 0 Å². The molecule has 2 aromatic carbocycles. The Hall–Kier alpha value is -1.26. The zero-order valence-corrected chi connectivity index (χ0v) is 17.7. The second-order valence-electron chi connectivity index (χ2n) is 5.83. The van der Waals surface area contributed by atoms with E-state index in [1.807, 2.05) is 38.1 Å². The van der Waals surface area contributed by atoms with Gasteiger partial charge in [0.05, 0.1) is 9.79 Å². The van der Waals surface area contributed by atoms with Gasteiger partial charge in [-0.3, -0.25) is 0 Å². The fourth-order valence-electron chi connectivity index (χ4n) is 2.65. The van der Waals surface area contributed by atoms with Gasteiger partial charge in [0.1, 0.15) is 0 Å². The van der Waals surface area contributed by atoms with Crippen molar-refractivity contribution < 1.29 is 16.8 Å². The lowest BCUT2D eigenvalue weighted by Crippen LogP contribution is -2.34. The Kier molecular flexibility index (Phi) is 6.62. The molecule has 0 unspecified atom stereocenters. The molecule has 0 aliphatic rings. The number of hydrogen-bond donors (Lipinski definition) is 1. The minimum Gasteiger partial charge on any atom is -0.225 e. The molecule has 142 valence electrons. The number of sulfonamides is 2. The van der Waals surface area contributed by atoms with E-state index in [9.17, 15) is 16.8 Å². The topological polar surface area (TPSA) is 97.5 Å². The molecular formula is C17H21BrN2O4S2. The summed E-state index contributed by atoms with van der Waals surface area (Å²) in [6.07, 6.45) is 0.642. The summed E-state index contributed by atoms with van der Waals surface area (Å²) < 4.78 is 51.3. The Bertz CT molecular complexity index is 974. The summed E-state index contributed by atoms with van der Waals surface area (Å²) in [6, 6.07) is 12.0. The predicted molar refractivity (Wildman–Crippen MR) is 105 cm³/mol. The lowest BCUT2D eigenvalue weighted by atomic mass is 10.1. The van der Waals surface area contributed by atoms with Crippen molar-refractivity contribution >= 4 is 36.0 Å². The molecule has 2 aromatic rings. The molecule has 6 nitrogen and oxygen atoms in total. The zero-order chi connectivity index (χ0) is 19.5. The van der Waals surface area contributed by atoms with Crippen LogP contribution in [0.1, 0.15) is 31.9 Å². The molecule has 0 bridgehead atoms. The summed E-state index contributed by atoms with van der Waals surface area (Å²) in [5, 5.41) is 5.07. The molecule has 0 aliphatic carbocycles. The lowest BCUT2D eigenvalue weighted by molar-refractivity contribution is 0.341. The number of halogens is 1. The van der Waals surface area contributed by atoms with E-state index in [0.29, 0.717) is 13.0 Å². The first-order chi connectivity index (χ1) is 12.1. The molecule has 0 fully saturated rings. The van der Waals surface area contributed by atoms with Gasteiger partial charge in [0.15, 0.2) is 0 Å². The first kappa shape index (κ1) is 21.0. The van der Waals surface area contributed by atoms with Gasteiger partial charge in [0.2, 0.25) is 20.0 Å². The summed E-state index contributed by atoms with van der Waals surface area (Å²) in [5.41, 5.74) is 0.852. The van der Waals surface area contributed by atoms with Crippen molar-refractivity contribution in [3.05, 3.63) is 58.6 Å². The van der Waals surface area contributed by atoms with Crippen LogP contribution in [0.25, 0.3) is 0 Å². The number of nitrogens with two attached hydrogens (primary N) is 1. The van der Waals surface area contributed by atoms with E-state index >= 15 is 0 Å². The third kappa shape index (κ3) is 4.52. The molecule has 26 heavy (non-hydrogen) atoms. The highest BCUT2D eigenvalue weighted by Gasteiger charge is 2.30. The van der Waals surface area contributed by atoms with Crippen molar-refractivity contribution in [1.82, 2.24) is 4.31 Å². The molecule has 0 radical (unpaired) electrons. The van der Waals surface area contributed by atoms with Crippen LogP contribution in [-0.2, 0) is 20.0 Å². The molecule has 2 rings (SSSR count). The monoisotopic (exact) mass is 460 g/mol. The van der Waals surface area contributed by atoms with E-state index in [0.717, 1.165) is 10.0 Å². The molecule has 0 spiro atoms. The van der Waals surface area contributed by atoms with Gasteiger partial charge in [-0.1, -0.05) is 41.1 Å². The predicted octanol–water partition coefficient (Wildman–Crippen LogP) is 3.26. The molecular weight excluding hydrogens is 440 g/mol. The SMILES string of the molecule is CCCN([C@H](C)c1ccccc1Br)S(=O)(=O)c1ccc(S(N)(=O)=O)cc1. The highest BCUT2D eigenvalue weighted by Crippen LogP contribution is 2.32. The van der Waals surface area contributed by atoms with E-state index in [1.165, 1.54) is 28.6 Å². The second kappa shape index (κ2) is 8.18. The molecule has 0 amide bonds. The van der Waals surface area contributed by atoms with Gasteiger partial charge in [-0.2, -0.15) is 4.31 Å². The number of rotatable bonds is 7. The fraction of sp³-hybridized carbons (Fsp3) is 0.294. The van der Waals surface area contributed by atoms with Crippen LogP contribution < -0.4 is 5.14 Å². The second-order valence-corrected chi connectivity index (χ2v) is 10.1. The van der Waals surface area contributed by atoms with Crippen molar-refractivity contribution in [2.45, 2.75) is 36.1 Å². The summed E-state index contributed by atoms with van der Waals surface area (Å²) in [6.45, 7) is 4.06. The average molecular weight is 461 g/mol. The highest BCUT2D eigenvalue weighted by atomic mass is 79.9. The van der Waals surface area contributed by atoms with Gasteiger partial charge < -0.3 is 0 Å². The van der Waals surface area contributed by atoms with E-state index in [1.54, 1.807) is 0 Å². The normalized spacial score (nSPS) is 13.7. The molecule has 0 aromatic heterocycles. The summed E-state index contributed by atoms with van der Waals surface area (Å²) >= 11 is 3.47. The maximum absolute atomic E-state index is 13.1. The maximum atomic E-state index is 13.1. The zero-order valence-electron chi connectivity index (χ0n) is 14.5. The summed E-state index contributed by atoms with van der Waals surface area (Å²) in [4.78, 5) is -0.102. The van der Waals surface area contributed by atoms with Crippen LogP contribution >= 0.6 is 15.9 Å². The van der Waals surface area contributed by atoms with Crippen molar-refractivity contribution in [3.8, 4) is 0 Å². The van der Waals surface area contributed by atoms with E-state index in [-0.39, 0.29) is 9.79 Å². The summed E-state index contributed by atoms with van der Waals surface area (Å²) in [5.74, 6) is 0. The van der Waals surface area contributed by atoms with Crippen LogP contribution in [0.5, 0.6) is 0 Å². The van der Waals surface area contributed by atoms with Gasteiger partial charge in [-0.05, 0) is 49.2 Å². The fourth-order valence-corrected chi connectivity index (χ4v) is 5.48. The van der Waals surface area contributed by atoms with Crippen LogP contribution in [0, 0.1) is 0 Å². The van der Waals surface area contributed by atoms with Crippen LogP contribution in [0.2, 0.25) is 0 Å². The molecule has 0 saturated heterocycles. The van der Waals surface area contributed by atoms with Gasteiger partial charge in [0, 0.05) is 17.1 Å². The third-order valence-electron chi connectivity index (χ3n) is 3.99. The van der Waals surface area contributed by atoms with E-state index in [4.69, 9.17) is 5.14 Å². The smallest absolute Gasteiger partial charge is 0.225 e. The first-order valence-corrected chi connectivity index (χ1v) is 11.8. The Morgan fingerprint density at radius 2 is 1.54 bits per heavy atom. The Morgan fingerprint density at radius 1 is 1.00 bits per heavy atom. The number of benzene rings is 2. The molecule has 0 heterocycles. The van der Waals surface area contributed by atoms with Crippen molar-refractivity contribution in [3.63, 3.8) is 0 Å². The first-order valence-electron chi connectivity index (χ1n) is 7.98. The molecule has 0 aliphatic heterocycles. The number of primary sulfonamides is 1. The molecule has 0 saturated carbocycles. The Balaban J connectivity index is 2.46. The van der Waals surface area contributed by atoms with Gasteiger partial charge in [-0.15, -0.1) is 0 Å². The summed E-state index contributed by atoms with van der Waals surface area (Å²) in [7, 11) is -7.69. The third-order valence-corrected chi connectivity index (χ3v) is 7.63.